The van der Waals surface area contributed by atoms with Crippen molar-refractivity contribution in [1.82, 2.24) is 5.43 Å². The molecule has 2 aromatic rings. The molecular formula is C15H15F2N3S2. The average molecular weight is 339 g/mol. The number of halogens is 2. The lowest BCUT2D eigenvalue weighted by atomic mass is 10.2. The Hall–Kier alpha value is -1.86. The van der Waals surface area contributed by atoms with Crippen LogP contribution in [0.2, 0.25) is 0 Å². The van der Waals surface area contributed by atoms with E-state index in [0.29, 0.717) is 21.8 Å². The standard InChI is InChI=1S/C15H15F2N3S2/c1-10-4-2-3-5-13(10)19-20-15(21)18-11-6-8-12(9-7-11)22-14(16)17/h2-9,14,19H,1H3,(H2,18,20,21). The van der Waals surface area contributed by atoms with E-state index >= 15 is 0 Å². The minimum absolute atomic E-state index is 0.387. The summed E-state index contributed by atoms with van der Waals surface area (Å²) in [4.78, 5) is 0.512. The monoisotopic (exact) mass is 339 g/mol. The molecule has 0 atom stereocenters. The number of thioether (sulfide) groups is 1. The van der Waals surface area contributed by atoms with Crippen molar-refractivity contribution < 1.29 is 8.78 Å². The molecule has 0 spiro atoms. The third-order valence-electron chi connectivity index (χ3n) is 2.79. The molecule has 0 saturated carbocycles. The van der Waals surface area contributed by atoms with Gasteiger partial charge in [0.15, 0.2) is 5.11 Å². The van der Waals surface area contributed by atoms with Gasteiger partial charge in [-0.3, -0.25) is 10.9 Å². The van der Waals surface area contributed by atoms with Gasteiger partial charge in [-0.25, -0.2) is 0 Å². The van der Waals surface area contributed by atoms with Gasteiger partial charge in [-0.1, -0.05) is 30.0 Å². The minimum atomic E-state index is -2.42. The summed E-state index contributed by atoms with van der Waals surface area (Å²) in [5, 5.41) is 3.36. The first-order chi connectivity index (χ1) is 10.5. The highest BCUT2D eigenvalue weighted by Gasteiger charge is 2.05. The van der Waals surface area contributed by atoms with E-state index in [1.165, 1.54) is 0 Å². The molecule has 0 aliphatic heterocycles. The minimum Gasteiger partial charge on any atom is -0.331 e. The number of hydrogen-bond acceptors (Lipinski definition) is 3. The lowest BCUT2D eigenvalue weighted by Crippen LogP contribution is -2.33. The van der Waals surface area contributed by atoms with E-state index in [4.69, 9.17) is 12.2 Å². The molecule has 0 radical (unpaired) electrons. The molecule has 0 aliphatic rings. The fourth-order valence-corrected chi connectivity index (χ4v) is 2.39. The molecule has 0 aliphatic carbocycles. The Kier molecular flexibility index (Phi) is 5.97. The number of hydrogen-bond donors (Lipinski definition) is 3. The molecule has 0 amide bonds. The predicted octanol–water partition coefficient (Wildman–Crippen LogP) is 4.62. The summed E-state index contributed by atoms with van der Waals surface area (Å²) in [6.07, 6.45) is 0. The zero-order valence-electron chi connectivity index (χ0n) is 11.8. The number of hydrazine groups is 1. The van der Waals surface area contributed by atoms with Gasteiger partial charge in [0, 0.05) is 10.6 Å². The summed E-state index contributed by atoms with van der Waals surface area (Å²) in [5.74, 6) is -2.42. The van der Waals surface area contributed by atoms with Gasteiger partial charge >= 0.3 is 0 Å². The number of aryl methyl sites for hydroxylation is 1. The molecule has 0 fully saturated rings. The highest BCUT2D eigenvalue weighted by molar-refractivity contribution is 7.99. The molecule has 2 aromatic carbocycles. The fraction of sp³-hybridized carbons (Fsp3) is 0.133. The van der Waals surface area contributed by atoms with Crippen LogP contribution in [0.3, 0.4) is 0 Å². The van der Waals surface area contributed by atoms with E-state index in [1.807, 2.05) is 31.2 Å². The quantitative estimate of drug-likeness (QED) is 0.421. The highest BCUT2D eigenvalue weighted by Crippen LogP contribution is 2.26. The van der Waals surface area contributed by atoms with E-state index < -0.39 is 5.76 Å². The van der Waals surface area contributed by atoms with Crippen LogP contribution in [0.1, 0.15) is 5.56 Å². The summed E-state index contributed by atoms with van der Waals surface area (Å²) >= 11 is 5.68. The molecule has 0 unspecified atom stereocenters. The summed E-state index contributed by atoms with van der Waals surface area (Å²) in [7, 11) is 0. The molecule has 0 aromatic heterocycles. The number of rotatable bonds is 5. The summed E-state index contributed by atoms with van der Waals surface area (Å²) in [6.45, 7) is 1.99. The smallest absolute Gasteiger partial charge is 0.288 e. The molecule has 116 valence electrons. The number of para-hydroxylation sites is 1. The summed E-state index contributed by atoms with van der Waals surface area (Å²) in [6, 6.07) is 14.4. The van der Waals surface area contributed by atoms with Crippen molar-refractivity contribution in [1.29, 1.82) is 0 Å². The van der Waals surface area contributed by atoms with Crippen molar-refractivity contribution >= 4 is 40.5 Å². The molecule has 2 rings (SSSR count). The van der Waals surface area contributed by atoms with Crippen LogP contribution >= 0.6 is 24.0 Å². The second-order valence-electron chi connectivity index (χ2n) is 4.42. The molecule has 0 saturated heterocycles. The van der Waals surface area contributed by atoms with E-state index in [9.17, 15) is 8.78 Å². The maximum atomic E-state index is 12.2. The van der Waals surface area contributed by atoms with Gasteiger partial charge in [0.2, 0.25) is 0 Å². The van der Waals surface area contributed by atoms with Gasteiger partial charge in [-0.05, 0) is 55.0 Å². The van der Waals surface area contributed by atoms with Gasteiger partial charge < -0.3 is 5.32 Å². The molecule has 22 heavy (non-hydrogen) atoms. The van der Waals surface area contributed by atoms with Crippen molar-refractivity contribution in [3.8, 4) is 0 Å². The van der Waals surface area contributed by atoms with Crippen molar-refractivity contribution in [2.24, 2.45) is 0 Å². The molecule has 3 nitrogen and oxygen atoms in total. The second-order valence-corrected chi connectivity index (χ2v) is 5.89. The van der Waals surface area contributed by atoms with Gasteiger partial charge in [0.05, 0.1) is 5.69 Å². The normalized spacial score (nSPS) is 10.4. The van der Waals surface area contributed by atoms with Crippen molar-refractivity contribution in [3.05, 3.63) is 54.1 Å². The van der Waals surface area contributed by atoms with E-state index in [-0.39, 0.29) is 0 Å². The fourth-order valence-electron chi connectivity index (χ4n) is 1.72. The van der Waals surface area contributed by atoms with E-state index in [1.54, 1.807) is 24.3 Å². The average Bonchev–Trinajstić information content (AvgIpc) is 2.48. The van der Waals surface area contributed by atoms with Crippen LogP contribution in [0, 0.1) is 6.92 Å². The predicted molar refractivity (Wildman–Crippen MR) is 92.5 cm³/mol. The Balaban J connectivity index is 1.85. The summed E-state index contributed by atoms with van der Waals surface area (Å²) in [5.41, 5.74) is 8.63. The molecule has 0 bridgehead atoms. The van der Waals surface area contributed by atoms with Crippen LogP contribution in [0.5, 0.6) is 0 Å². The van der Waals surface area contributed by atoms with Crippen LogP contribution in [0.15, 0.2) is 53.4 Å². The Morgan fingerprint density at radius 1 is 1.09 bits per heavy atom. The molecule has 3 N–H and O–H groups in total. The van der Waals surface area contributed by atoms with Crippen LogP contribution in [0.4, 0.5) is 20.2 Å². The Morgan fingerprint density at radius 2 is 1.77 bits per heavy atom. The Bertz CT molecular complexity index is 633. The summed E-state index contributed by atoms with van der Waals surface area (Å²) < 4.78 is 24.5. The molecular weight excluding hydrogens is 324 g/mol. The van der Waals surface area contributed by atoms with Crippen LogP contribution in [0.25, 0.3) is 0 Å². The first-order valence-electron chi connectivity index (χ1n) is 6.48. The topological polar surface area (TPSA) is 36.1 Å². The third-order valence-corrected chi connectivity index (χ3v) is 3.72. The number of alkyl halides is 2. The third kappa shape index (κ3) is 5.16. The van der Waals surface area contributed by atoms with Gasteiger partial charge in [-0.2, -0.15) is 8.78 Å². The largest absolute Gasteiger partial charge is 0.331 e. The Labute approximate surface area is 137 Å². The second kappa shape index (κ2) is 7.95. The maximum absolute atomic E-state index is 12.2. The van der Waals surface area contributed by atoms with Crippen molar-refractivity contribution in [3.63, 3.8) is 0 Å². The zero-order chi connectivity index (χ0) is 15.9. The van der Waals surface area contributed by atoms with Gasteiger partial charge in [0.1, 0.15) is 0 Å². The lowest BCUT2D eigenvalue weighted by molar-refractivity contribution is 0.252. The molecule has 7 heteroatoms. The lowest BCUT2D eigenvalue weighted by Gasteiger charge is -2.14. The van der Waals surface area contributed by atoms with E-state index in [0.717, 1.165) is 16.9 Å². The first kappa shape index (κ1) is 16.5. The Morgan fingerprint density at radius 3 is 2.41 bits per heavy atom. The van der Waals surface area contributed by atoms with Gasteiger partial charge in [0.25, 0.3) is 5.76 Å². The van der Waals surface area contributed by atoms with Crippen molar-refractivity contribution in [2.45, 2.75) is 17.6 Å². The number of benzene rings is 2. The van der Waals surface area contributed by atoms with Crippen molar-refractivity contribution in [2.75, 3.05) is 10.7 Å². The van der Waals surface area contributed by atoms with Crippen LogP contribution in [-0.2, 0) is 0 Å². The SMILES string of the molecule is Cc1ccccc1NNC(=S)Nc1ccc(SC(F)F)cc1. The number of nitrogens with one attached hydrogen (secondary N) is 3. The van der Waals surface area contributed by atoms with Gasteiger partial charge in [-0.15, -0.1) is 0 Å². The highest BCUT2D eigenvalue weighted by atomic mass is 32.2. The molecule has 0 heterocycles. The number of anilines is 2. The zero-order valence-corrected chi connectivity index (χ0v) is 13.4. The van der Waals surface area contributed by atoms with Crippen LogP contribution < -0.4 is 16.2 Å². The van der Waals surface area contributed by atoms with E-state index in [2.05, 4.69) is 16.2 Å². The van der Waals surface area contributed by atoms with Crippen LogP contribution in [-0.4, -0.2) is 10.9 Å². The first-order valence-corrected chi connectivity index (χ1v) is 7.77. The maximum Gasteiger partial charge on any atom is 0.288 e. The number of thiocarbonyl (C=S) groups is 1.